The van der Waals surface area contributed by atoms with Crippen LogP contribution in [0.15, 0.2) is 16.9 Å². The number of aromatic nitrogens is 1. The van der Waals surface area contributed by atoms with Crippen LogP contribution in [-0.4, -0.2) is 34.4 Å². The molecule has 0 amide bonds. The highest BCUT2D eigenvalue weighted by molar-refractivity contribution is 4.95. The van der Waals surface area contributed by atoms with Gasteiger partial charge in [0.05, 0.1) is 11.8 Å². The molecule has 0 bridgehead atoms. The van der Waals surface area contributed by atoms with Gasteiger partial charge in [0.25, 0.3) is 0 Å². The van der Waals surface area contributed by atoms with E-state index in [0.717, 1.165) is 31.7 Å². The molecule has 66 valence electrons. The molecular formula is C8H12N2O2. The van der Waals surface area contributed by atoms with Gasteiger partial charge in [0, 0.05) is 25.7 Å². The van der Waals surface area contributed by atoms with Gasteiger partial charge in [-0.05, 0) is 6.42 Å². The lowest BCUT2D eigenvalue weighted by Gasteiger charge is -2.11. The van der Waals surface area contributed by atoms with Crippen molar-refractivity contribution in [3.05, 3.63) is 18.0 Å². The number of aliphatic hydroxyl groups is 1. The lowest BCUT2D eigenvalue weighted by Crippen LogP contribution is -2.21. The molecular weight excluding hydrogens is 156 g/mol. The Morgan fingerprint density at radius 3 is 3.25 bits per heavy atom. The lowest BCUT2D eigenvalue weighted by atomic mass is 10.3. The highest BCUT2D eigenvalue weighted by atomic mass is 16.5. The quantitative estimate of drug-likeness (QED) is 0.687. The van der Waals surface area contributed by atoms with E-state index in [2.05, 4.69) is 10.1 Å². The Kier molecular flexibility index (Phi) is 2.10. The van der Waals surface area contributed by atoms with Crippen LogP contribution in [-0.2, 0) is 6.54 Å². The van der Waals surface area contributed by atoms with Crippen LogP contribution in [0.2, 0.25) is 0 Å². The summed E-state index contributed by atoms with van der Waals surface area (Å²) in [5.74, 6) is 0. The zero-order valence-electron chi connectivity index (χ0n) is 6.81. The molecule has 0 radical (unpaired) electrons. The monoisotopic (exact) mass is 168 g/mol. The SMILES string of the molecule is OC1CCN(Cc2ccon2)C1. The molecule has 1 N–H and O–H groups in total. The summed E-state index contributed by atoms with van der Waals surface area (Å²) in [4.78, 5) is 2.17. The van der Waals surface area contributed by atoms with Crippen molar-refractivity contribution in [1.29, 1.82) is 0 Å². The summed E-state index contributed by atoms with van der Waals surface area (Å²) in [5, 5.41) is 13.0. The molecule has 0 saturated carbocycles. The van der Waals surface area contributed by atoms with Crippen molar-refractivity contribution in [3.63, 3.8) is 0 Å². The largest absolute Gasteiger partial charge is 0.392 e. The van der Waals surface area contributed by atoms with Crippen LogP contribution in [0, 0.1) is 0 Å². The molecule has 2 rings (SSSR count). The molecule has 12 heavy (non-hydrogen) atoms. The highest BCUT2D eigenvalue weighted by Crippen LogP contribution is 2.11. The average molecular weight is 168 g/mol. The third kappa shape index (κ3) is 1.65. The summed E-state index contributed by atoms with van der Waals surface area (Å²) in [6.07, 6.45) is 2.29. The van der Waals surface area contributed by atoms with Gasteiger partial charge in [-0.2, -0.15) is 0 Å². The molecule has 1 unspecified atom stereocenters. The fourth-order valence-electron chi connectivity index (χ4n) is 1.50. The summed E-state index contributed by atoms with van der Waals surface area (Å²) >= 11 is 0. The first kappa shape index (κ1) is 7.76. The summed E-state index contributed by atoms with van der Waals surface area (Å²) in [7, 11) is 0. The molecule has 1 fully saturated rings. The van der Waals surface area contributed by atoms with Gasteiger partial charge in [-0.15, -0.1) is 0 Å². The zero-order valence-corrected chi connectivity index (χ0v) is 6.81. The minimum Gasteiger partial charge on any atom is -0.392 e. The first-order valence-electron chi connectivity index (χ1n) is 4.14. The van der Waals surface area contributed by atoms with Gasteiger partial charge in [0.1, 0.15) is 6.26 Å². The van der Waals surface area contributed by atoms with E-state index in [9.17, 15) is 5.11 Å². The number of hydrogen-bond acceptors (Lipinski definition) is 4. The maximum atomic E-state index is 9.24. The van der Waals surface area contributed by atoms with Gasteiger partial charge < -0.3 is 9.63 Å². The lowest BCUT2D eigenvalue weighted by molar-refractivity contribution is 0.174. The topological polar surface area (TPSA) is 49.5 Å². The van der Waals surface area contributed by atoms with Crippen LogP contribution < -0.4 is 0 Å². The molecule has 1 atom stereocenters. The first-order chi connectivity index (χ1) is 5.84. The molecule has 1 saturated heterocycles. The van der Waals surface area contributed by atoms with E-state index >= 15 is 0 Å². The fraction of sp³-hybridized carbons (Fsp3) is 0.625. The Morgan fingerprint density at radius 2 is 2.67 bits per heavy atom. The molecule has 0 spiro atoms. The van der Waals surface area contributed by atoms with Crippen molar-refractivity contribution in [3.8, 4) is 0 Å². The van der Waals surface area contributed by atoms with E-state index in [1.807, 2.05) is 6.07 Å². The van der Waals surface area contributed by atoms with Crippen LogP contribution in [0.4, 0.5) is 0 Å². The normalized spacial score (nSPS) is 24.9. The van der Waals surface area contributed by atoms with E-state index < -0.39 is 0 Å². The van der Waals surface area contributed by atoms with Crippen LogP contribution >= 0.6 is 0 Å². The standard InChI is InChI=1S/C8H12N2O2/c11-8-1-3-10(6-8)5-7-2-4-12-9-7/h2,4,8,11H,1,3,5-6H2. The van der Waals surface area contributed by atoms with Gasteiger partial charge >= 0.3 is 0 Å². The molecule has 2 heterocycles. The number of β-amino-alcohol motifs (C(OH)–C–C–N with tert-alkyl or cyclic N) is 1. The maximum absolute atomic E-state index is 9.24. The molecule has 4 nitrogen and oxygen atoms in total. The number of hydrogen-bond donors (Lipinski definition) is 1. The second kappa shape index (κ2) is 3.25. The van der Waals surface area contributed by atoms with Gasteiger partial charge in [0.2, 0.25) is 0 Å². The molecule has 1 aromatic heterocycles. The third-order valence-electron chi connectivity index (χ3n) is 2.12. The first-order valence-corrected chi connectivity index (χ1v) is 4.14. The summed E-state index contributed by atoms with van der Waals surface area (Å²) < 4.78 is 4.71. The number of nitrogens with zero attached hydrogens (tertiary/aromatic N) is 2. The van der Waals surface area contributed by atoms with Crippen LogP contribution in [0.3, 0.4) is 0 Å². The predicted octanol–water partition coefficient (Wildman–Crippen LogP) is 0.241. The van der Waals surface area contributed by atoms with Gasteiger partial charge in [-0.1, -0.05) is 5.16 Å². The van der Waals surface area contributed by atoms with Gasteiger partial charge in [-0.3, -0.25) is 4.90 Å². The molecule has 1 aromatic rings. The molecule has 4 heteroatoms. The second-order valence-corrected chi connectivity index (χ2v) is 3.17. The van der Waals surface area contributed by atoms with Crippen molar-refractivity contribution in [2.75, 3.05) is 13.1 Å². The number of likely N-dealkylation sites (tertiary alicyclic amines) is 1. The van der Waals surface area contributed by atoms with E-state index in [-0.39, 0.29) is 6.10 Å². The Bertz CT molecular complexity index is 235. The zero-order chi connectivity index (χ0) is 8.39. The molecule has 1 aliphatic heterocycles. The van der Waals surface area contributed by atoms with Crippen molar-refractivity contribution in [2.24, 2.45) is 0 Å². The summed E-state index contributed by atoms with van der Waals surface area (Å²) in [6, 6.07) is 1.85. The molecule has 1 aliphatic rings. The predicted molar refractivity (Wildman–Crippen MR) is 42.4 cm³/mol. The Hall–Kier alpha value is -0.870. The Labute approximate surface area is 70.8 Å². The van der Waals surface area contributed by atoms with Crippen molar-refractivity contribution < 1.29 is 9.63 Å². The minimum atomic E-state index is -0.156. The summed E-state index contributed by atoms with van der Waals surface area (Å²) in [5.41, 5.74) is 0.934. The third-order valence-corrected chi connectivity index (χ3v) is 2.12. The minimum absolute atomic E-state index is 0.156. The Balaban J connectivity index is 1.88. The van der Waals surface area contributed by atoms with Crippen LogP contribution in [0.25, 0.3) is 0 Å². The van der Waals surface area contributed by atoms with E-state index in [1.165, 1.54) is 0 Å². The van der Waals surface area contributed by atoms with E-state index in [0.29, 0.717) is 0 Å². The molecule has 0 aliphatic carbocycles. The van der Waals surface area contributed by atoms with Crippen LogP contribution in [0.1, 0.15) is 12.1 Å². The van der Waals surface area contributed by atoms with Crippen molar-refractivity contribution in [1.82, 2.24) is 10.1 Å². The van der Waals surface area contributed by atoms with Crippen LogP contribution in [0.5, 0.6) is 0 Å². The Morgan fingerprint density at radius 1 is 1.75 bits per heavy atom. The number of aliphatic hydroxyl groups excluding tert-OH is 1. The van der Waals surface area contributed by atoms with Crippen molar-refractivity contribution >= 4 is 0 Å². The van der Waals surface area contributed by atoms with Gasteiger partial charge in [-0.25, -0.2) is 0 Å². The number of rotatable bonds is 2. The van der Waals surface area contributed by atoms with Gasteiger partial charge in [0.15, 0.2) is 0 Å². The average Bonchev–Trinajstić information content (AvgIpc) is 2.63. The van der Waals surface area contributed by atoms with E-state index in [1.54, 1.807) is 6.26 Å². The highest BCUT2D eigenvalue weighted by Gasteiger charge is 2.20. The summed E-state index contributed by atoms with van der Waals surface area (Å²) in [6.45, 7) is 2.49. The van der Waals surface area contributed by atoms with Crippen molar-refractivity contribution in [2.45, 2.75) is 19.1 Å². The fourth-order valence-corrected chi connectivity index (χ4v) is 1.50. The van der Waals surface area contributed by atoms with E-state index in [4.69, 9.17) is 4.52 Å². The maximum Gasteiger partial charge on any atom is 0.124 e. The molecule has 0 aromatic carbocycles. The smallest absolute Gasteiger partial charge is 0.124 e. The second-order valence-electron chi connectivity index (χ2n) is 3.17.